The van der Waals surface area contributed by atoms with Crippen LogP contribution < -0.4 is 5.56 Å². The lowest BCUT2D eigenvalue weighted by Crippen LogP contribution is -2.24. The molecule has 0 fully saturated rings. The van der Waals surface area contributed by atoms with Gasteiger partial charge in [-0.2, -0.15) is 18.3 Å². The predicted octanol–water partition coefficient (Wildman–Crippen LogP) is 3.87. The van der Waals surface area contributed by atoms with Crippen LogP contribution in [0.25, 0.3) is 10.8 Å². The van der Waals surface area contributed by atoms with Gasteiger partial charge in [0.25, 0.3) is 5.56 Å². The molecule has 0 radical (unpaired) electrons. The Morgan fingerprint density at radius 1 is 1.07 bits per heavy atom. The Balaban J connectivity index is 1.99. The van der Waals surface area contributed by atoms with Gasteiger partial charge < -0.3 is 4.74 Å². The molecule has 0 saturated carbocycles. The minimum absolute atomic E-state index is 0.135. The van der Waals surface area contributed by atoms with Gasteiger partial charge in [0.2, 0.25) is 0 Å². The van der Waals surface area contributed by atoms with Crippen LogP contribution in [-0.2, 0) is 18.0 Å². The number of carbonyl (C=O) groups is 1. The van der Waals surface area contributed by atoms with Gasteiger partial charge in [-0.05, 0) is 19.1 Å². The lowest BCUT2D eigenvalue weighted by molar-refractivity contribution is -0.139. The van der Waals surface area contributed by atoms with Gasteiger partial charge >= 0.3 is 12.1 Å². The van der Waals surface area contributed by atoms with Gasteiger partial charge in [0, 0.05) is 18.0 Å². The Morgan fingerprint density at radius 3 is 2.33 bits per heavy atom. The first-order chi connectivity index (χ1) is 12.7. The number of alkyl halides is 3. The monoisotopic (exact) mass is 376 g/mol. The second kappa shape index (κ2) is 6.86. The van der Waals surface area contributed by atoms with Gasteiger partial charge in [-0.3, -0.25) is 4.79 Å². The molecular weight excluding hydrogens is 361 g/mol. The highest BCUT2D eigenvalue weighted by atomic mass is 19.4. The van der Waals surface area contributed by atoms with Crippen LogP contribution in [0.15, 0.2) is 53.3 Å². The van der Waals surface area contributed by atoms with Gasteiger partial charge in [0.15, 0.2) is 5.69 Å². The lowest BCUT2D eigenvalue weighted by Gasteiger charge is -2.19. The molecule has 2 aromatic carbocycles. The van der Waals surface area contributed by atoms with Gasteiger partial charge in [-0.1, -0.05) is 36.4 Å². The zero-order valence-electron chi connectivity index (χ0n) is 14.4. The standard InChI is InChI=1S/C19H15F3N2O3/c1-11(12-7-5-6-10-15(12)19(20,21)22)27-18(26)16-13-8-3-4-9-14(13)17(25)24(2)23-16/h3-11H,1-2H3/t11-/m1/s1. The average Bonchev–Trinajstić information content (AvgIpc) is 2.64. The zero-order valence-corrected chi connectivity index (χ0v) is 14.4. The Morgan fingerprint density at radius 2 is 1.67 bits per heavy atom. The van der Waals surface area contributed by atoms with Crippen LogP contribution in [0, 0.1) is 0 Å². The summed E-state index contributed by atoms with van der Waals surface area (Å²) in [7, 11) is 1.38. The summed E-state index contributed by atoms with van der Waals surface area (Å²) in [4.78, 5) is 24.7. The Bertz CT molecular complexity index is 1070. The summed E-state index contributed by atoms with van der Waals surface area (Å²) in [5.74, 6) is -0.911. The maximum absolute atomic E-state index is 13.2. The fraction of sp³-hybridized carbons (Fsp3) is 0.211. The molecule has 0 spiro atoms. The Kier molecular flexibility index (Phi) is 4.73. The summed E-state index contributed by atoms with van der Waals surface area (Å²) >= 11 is 0. The summed E-state index contributed by atoms with van der Waals surface area (Å²) in [6.07, 6.45) is -5.73. The summed E-state index contributed by atoms with van der Waals surface area (Å²) in [5, 5.41) is 4.47. The van der Waals surface area contributed by atoms with Crippen LogP contribution in [-0.4, -0.2) is 15.7 Å². The molecule has 0 unspecified atom stereocenters. The van der Waals surface area contributed by atoms with E-state index in [9.17, 15) is 22.8 Å². The Labute approximate surface area is 152 Å². The number of carbonyl (C=O) groups excluding carboxylic acids is 1. The predicted molar refractivity (Wildman–Crippen MR) is 92.3 cm³/mol. The van der Waals surface area contributed by atoms with Gasteiger partial charge in [-0.25, -0.2) is 9.48 Å². The van der Waals surface area contributed by atoms with Crippen molar-refractivity contribution >= 4 is 16.7 Å². The molecule has 140 valence electrons. The van der Waals surface area contributed by atoms with Crippen molar-refractivity contribution in [1.82, 2.24) is 9.78 Å². The van der Waals surface area contributed by atoms with Gasteiger partial charge in [0.05, 0.1) is 10.9 Å². The van der Waals surface area contributed by atoms with Crippen molar-refractivity contribution in [2.75, 3.05) is 0 Å². The van der Waals surface area contributed by atoms with Crippen molar-refractivity contribution < 1.29 is 22.7 Å². The maximum Gasteiger partial charge on any atom is 0.416 e. The zero-order chi connectivity index (χ0) is 19.8. The smallest absolute Gasteiger partial charge is 0.416 e. The van der Waals surface area contributed by atoms with E-state index in [4.69, 9.17) is 4.74 Å². The van der Waals surface area contributed by atoms with E-state index in [0.717, 1.165) is 10.7 Å². The molecule has 1 atom stereocenters. The summed E-state index contributed by atoms with van der Waals surface area (Å²) < 4.78 is 45.8. The molecule has 1 aromatic heterocycles. The molecule has 0 N–H and O–H groups in total. The van der Waals surface area contributed by atoms with Crippen molar-refractivity contribution in [3.63, 3.8) is 0 Å². The summed E-state index contributed by atoms with van der Waals surface area (Å²) in [6.45, 7) is 1.35. The number of benzene rings is 2. The number of fused-ring (bicyclic) bond motifs is 1. The minimum Gasteiger partial charge on any atom is -0.453 e. The minimum atomic E-state index is -4.57. The normalized spacial score (nSPS) is 12.8. The number of ether oxygens (including phenoxy) is 1. The van der Waals surface area contributed by atoms with Crippen LogP contribution in [0.3, 0.4) is 0 Å². The molecule has 0 aliphatic rings. The first-order valence-corrected chi connectivity index (χ1v) is 8.03. The third-order valence-electron chi connectivity index (χ3n) is 4.14. The second-order valence-corrected chi connectivity index (χ2v) is 5.96. The number of halogens is 3. The molecule has 0 amide bonds. The number of aryl methyl sites for hydroxylation is 1. The number of hydrogen-bond acceptors (Lipinski definition) is 4. The van der Waals surface area contributed by atoms with Crippen LogP contribution in [0.2, 0.25) is 0 Å². The van der Waals surface area contributed by atoms with Gasteiger partial charge in [0.1, 0.15) is 6.10 Å². The highest BCUT2D eigenvalue weighted by Gasteiger charge is 2.35. The number of nitrogens with zero attached hydrogens (tertiary/aromatic N) is 2. The maximum atomic E-state index is 13.2. The highest BCUT2D eigenvalue weighted by Crippen LogP contribution is 2.35. The topological polar surface area (TPSA) is 61.2 Å². The van der Waals surface area contributed by atoms with Crippen LogP contribution in [0.4, 0.5) is 13.2 Å². The first-order valence-electron chi connectivity index (χ1n) is 8.03. The number of hydrogen-bond donors (Lipinski definition) is 0. The van der Waals surface area contributed by atoms with E-state index in [0.29, 0.717) is 0 Å². The molecule has 27 heavy (non-hydrogen) atoms. The molecular formula is C19H15F3N2O3. The van der Waals surface area contributed by atoms with Crippen LogP contribution in [0.5, 0.6) is 0 Å². The molecule has 0 aliphatic carbocycles. The van der Waals surface area contributed by atoms with Crippen molar-refractivity contribution in [2.24, 2.45) is 7.05 Å². The molecule has 1 heterocycles. The van der Waals surface area contributed by atoms with E-state index < -0.39 is 29.4 Å². The third kappa shape index (κ3) is 3.55. The second-order valence-electron chi connectivity index (χ2n) is 5.96. The molecule has 3 rings (SSSR count). The van der Waals surface area contributed by atoms with E-state index >= 15 is 0 Å². The first kappa shape index (κ1) is 18.6. The van der Waals surface area contributed by atoms with E-state index in [2.05, 4.69) is 5.10 Å². The largest absolute Gasteiger partial charge is 0.453 e. The van der Waals surface area contributed by atoms with Crippen LogP contribution in [0.1, 0.15) is 34.6 Å². The molecule has 3 aromatic rings. The van der Waals surface area contributed by atoms with E-state index in [1.807, 2.05) is 0 Å². The van der Waals surface area contributed by atoms with Crippen molar-refractivity contribution in [2.45, 2.75) is 19.2 Å². The molecule has 0 bridgehead atoms. The highest BCUT2D eigenvalue weighted by molar-refractivity contribution is 6.02. The van der Waals surface area contributed by atoms with Crippen molar-refractivity contribution in [1.29, 1.82) is 0 Å². The third-order valence-corrected chi connectivity index (χ3v) is 4.14. The Hall–Kier alpha value is -3.16. The van der Waals surface area contributed by atoms with E-state index in [1.54, 1.807) is 18.2 Å². The summed E-state index contributed by atoms with van der Waals surface area (Å²) in [5.41, 5.74) is -1.56. The lowest BCUT2D eigenvalue weighted by atomic mass is 10.0. The summed E-state index contributed by atoms with van der Waals surface area (Å²) in [6, 6.07) is 11.2. The van der Waals surface area contributed by atoms with Crippen LogP contribution >= 0.6 is 0 Å². The molecule has 0 saturated heterocycles. The number of esters is 1. The average molecular weight is 376 g/mol. The number of rotatable bonds is 3. The van der Waals surface area contributed by atoms with Crippen molar-refractivity contribution in [3.05, 3.63) is 75.7 Å². The quantitative estimate of drug-likeness (QED) is 0.651. The molecule has 8 heteroatoms. The molecule has 5 nitrogen and oxygen atoms in total. The van der Waals surface area contributed by atoms with E-state index in [1.165, 1.54) is 38.2 Å². The SMILES string of the molecule is C[C@@H](OC(=O)c1nn(C)c(=O)c2ccccc12)c1ccccc1C(F)(F)F. The van der Waals surface area contributed by atoms with Gasteiger partial charge in [-0.15, -0.1) is 0 Å². The fourth-order valence-corrected chi connectivity index (χ4v) is 2.84. The van der Waals surface area contributed by atoms with E-state index in [-0.39, 0.29) is 22.0 Å². The van der Waals surface area contributed by atoms with Crippen molar-refractivity contribution in [3.8, 4) is 0 Å². The fourth-order valence-electron chi connectivity index (χ4n) is 2.84. The number of aromatic nitrogens is 2. The molecule has 0 aliphatic heterocycles.